The summed E-state index contributed by atoms with van der Waals surface area (Å²) < 4.78 is 11.4. The van der Waals surface area contributed by atoms with Gasteiger partial charge in [0.15, 0.2) is 0 Å². The Hall–Kier alpha value is -2.12. The largest absolute Gasteiger partial charge is 0.376 e. The molecule has 0 bridgehead atoms. The third-order valence-electron chi connectivity index (χ3n) is 4.12. The molecule has 3 N–H and O–H groups in total. The van der Waals surface area contributed by atoms with Crippen LogP contribution >= 0.6 is 0 Å². The molecular weight excluding hydrogens is 334 g/mol. The van der Waals surface area contributed by atoms with E-state index >= 15 is 0 Å². The van der Waals surface area contributed by atoms with Gasteiger partial charge in [0, 0.05) is 18.8 Å². The van der Waals surface area contributed by atoms with Crippen LogP contribution in [-0.2, 0) is 20.9 Å². The van der Waals surface area contributed by atoms with E-state index in [0.29, 0.717) is 19.8 Å². The number of nitrogens with one attached hydrogen (secondary N) is 3. The van der Waals surface area contributed by atoms with Crippen LogP contribution in [0, 0.1) is 0 Å². The van der Waals surface area contributed by atoms with Gasteiger partial charge >= 0.3 is 6.03 Å². The monoisotopic (exact) mass is 363 g/mol. The third-order valence-corrected chi connectivity index (χ3v) is 4.12. The molecule has 0 radical (unpaired) electrons. The molecule has 0 unspecified atom stereocenters. The van der Waals surface area contributed by atoms with Crippen molar-refractivity contribution in [1.29, 1.82) is 0 Å². The van der Waals surface area contributed by atoms with Crippen molar-refractivity contribution in [2.75, 3.05) is 25.1 Å². The van der Waals surface area contributed by atoms with E-state index in [2.05, 4.69) is 16.0 Å². The molecule has 7 heteroatoms. The summed E-state index contributed by atoms with van der Waals surface area (Å²) in [5.74, 6) is -0.382. The van der Waals surface area contributed by atoms with E-state index in [9.17, 15) is 9.59 Å². The van der Waals surface area contributed by atoms with Gasteiger partial charge in [-0.2, -0.15) is 0 Å². The molecule has 0 aliphatic carbocycles. The van der Waals surface area contributed by atoms with Gasteiger partial charge in [-0.05, 0) is 50.8 Å². The number of urea groups is 1. The van der Waals surface area contributed by atoms with Crippen LogP contribution in [0.15, 0.2) is 24.3 Å². The second-order valence-electron chi connectivity index (χ2n) is 6.42. The van der Waals surface area contributed by atoms with Gasteiger partial charge in [0.2, 0.25) is 5.91 Å². The van der Waals surface area contributed by atoms with Gasteiger partial charge in [-0.1, -0.05) is 12.1 Å². The van der Waals surface area contributed by atoms with Crippen molar-refractivity contribution < 1.29 is 19.1 Å². The van der Waals surface area contributed by atoms with Gasteiger partial charge in [0.1, 0.15) is 6.04 Å². The van der Waals surface area contributed by atoms with Crippen LogP contribution in [0.2, 0.25) is 0 Å². The lowest BCUT2D eigenvalue weighted by atomic mass is 10.1. The number of carbonyl (C=O) groups excluding carboxylic acids is 2. The number of carbonyl (C=O) groups is 2. The number of hydrogen-bond acceptors (Lipinski definition) is 5. The Bertz CT molecular complexity index is 588. The summed E-state index contributed by atoms with van der Waals surface area (Å²) in [6, 6.07) is 6.68. The van der Waals surface area contributed by atoms with Gasteiger partial charge < -0.3 is 20.1 Å². The van der Waals surface area contributed by atoms with Crippen molar-refractivity contribution in [2.45, 2.75) is 51.9 Å². The number of hydrogen-bond donors (Lipinski definition) is 3. The maximum Gasteiger partial charge on any atom is 0.321 e. The van der Waals surface area contributed by atoms with E-state index in [0.717, 1.165) is 30.7 Å². The summed E-state index contributed by atoms with van der Waals surface area (Å²) >= 11 is 0. The molecule has 1 aliphatic heterocycles. The minimum absolute atomic E-state index is 0.197. The predicted molar refractivity (Wildman–Crippen MR) is 100.0 cm³/mol. The molecule has 7 nitrogen and oxygen atoms in total. The fraction of sp³-hybridized carbons (Fsp3) is 0.579. The van der Waals surface area contributed by atoms with Gasteiger partial charge in [0.05, 0.1) is 19.3 Å². The predicted octanol–water partition coefficient (Wildman–Crippen LogP) is 2.42. The van der Waals surface area contributed by atoms with E-state index in [4.69, 9.17) is 9.47 Å². The zero-order chi connectivity index (χ0) is 18.8. The summed E-state index contributed by atoms with van der Waals surface area (Å²) in [6.45, 7) is 5.88. The van der Waals surface area contributed by atoms with Crippen molar-refractivity contribution >= 4 is 17.6 Å². The van der Waals surface area contributed by atoms with Crippen molar-refractivity contribution in [3.63, 3.8) is 0 Å². The Morgan fingerprint density at radius 2 is 2.19 bits per heavy atom. The molecule has 1 aliphatic rings. The molecule has 0 spiro atoms. The Labute approximate surface area is 154 Å². The zero-order valence-electron chi connectivity index (χ0n) is 15.5. The van der Waals surface area contributed by atoms with E-state index < -0.39 is 12.1 Å². The molecule has 1 heterocycles. The normalized spacial score (nSPS) is 18.0. The summed E-state index contributed by atoms with van der Waals surface area (Å²) in [5.41, 5.74) is 1.82. The number of benzene rings is 1. The van der Waals surface area contributed by atoms with Gasteiger partial charge in [0.25, 0.3) is 0 Å². The highest BCUT2D eigenvalue weighted by atomic mass is 16.5. The van der Waals surface area contributed by atoms with E-state index in [1.807, 2.05) is 24.3 Å². The highest BCUT2D eigenvalue weighted by Gasteiger charge is 2.16. The number of anilines is 1. The minimum Gasteiger partial charge on any atom is -0.376 e. The first-order valence-electron chi connectivity index (χ1n) is 9.22. The van der Waals surface area contributed by atoms with E-state index in [-0.39, 0.29) is 12.0 Å². The number of ether oxygens (including phenoxy) is 2. The SMILES string of the molecule is CCNC(=O)NC(=O)[C@@H](C)Nc1cccc(COC[C@@H]2CCCCO2)c1. The molecule has 1 saturated heterocycles. The van der Waals surface area contributed by atoms with E-state index in [1.54, 1.807) is 13.8 Å². The number of rotatable bonds is 8. The quantitative estimate of drug-likeness (QED) is 0.660. The van der Waals surface area contributed by atoms with Crippen LogP contribution in [0.25, 0.3) is 0 Å². The fourth-order valence-electron chi connectivity index (χ4n) is 2.74. The molecule has 26 heavy (non-hydrogen) atoms. The van der Waals surface area contributed by atoms with Gasteiger partial charge in [-0.15, -0.1) is 0 Å². The number of imide groups is 1. The van der Waals surface area contributed by atoms with Crippen LogP contribution in [0.3, 0.4) is 0 Å². The van der Waals surface area contributed by atoms with Crippen molar-refractivity contribution in [3.8, 4) is 0 Å². The Balaban J connectivity index is 1.78. The second-order valence-corrected chi connectivity index (χ2v) is 6.42. The smallest absolute Gasteiger partial charge is 0.321 e. The van der Waals surface area contributed by atoms with E-state index in [1.165, 1.54) is 6.42 Å². The summed E-state index contributed by atoms with van der Waals surface area (Å²) in [6.07, 6.45) is 3.59. The highest BCUT2D eigenvalue weighted by molar-refractivity contribution is 5.97. The van der Waals surface area contributed by atoms with Gasteiger partial charge in [-0.25, -0.2) is 4.79 Å². The molecule has 1 aromatic rings. The lowest BCUT2D eigenvalue weighted by Gasteiger charge is -2.22. The summed E-state index contributed by atoms with van der Waals surface area (Å²) in [5, 5.41) is 7.92. The van der Waals surface area contributed by atoms with Gasteiger partial charge in [-0.3, -0.25) is 10.1 Å². The average molecular weight is 363 g/mol. The van der Waals surface area contributed by atoms with Crippen molar-refractivity contribution in [1.82, 2.24) is 10.6 Å². The summed E-state index contributed by atoms with van der Waals surface area (Å²) in [4.78, 5) is 23.4. The first-order valence-corrected chi connectivity index (χ1v) is 9.22. The molecule has 1 aromatic carbocycles. The van der Waals surface area contributed by atoms with Crippen LogP contribution in [0.1, 0.15) is 38.7 Å². The molecule has 2 rings (SSSR count). The first-order chi connectivity index (χ1) is 12.6. The number of amides is 3. The van der Waals surface area contributed by atoms with Crippen molar-refractivity contribution in [2.24, 2.45) is 0 Å². The highest BCUT2D eigenvalue weighted by Crippen LogP contribution is 2.15. The topological polar surface area (TPSA) is 88.7 Å². The maximum absolute atomic E-state index is 12.0. The molecule has 1 fully saturated rings. The first kappa shape index (κ1) is 20.2. The average Bonchev–Trinajstić information content (AvgIpc) is 2.63. The Morgan fingerprint density at radius 3 is 2.92 bits per heavy atom. The zero-order valence-corrected chi connectivity index (χ0v) is 15.5. The minimum atomic E-state index is -0.538. The fourth-order valence-corrected chi connectivity index (χ4v) is 2.74. The standard InChI is InChI=1S/C19H29N3O4/c1-3-20-19(24)22-18(23)14(2)21-16-8-6-7-15(11-16)12-25-13-17-9-4-5-10-26-17/h6-8,11,14,17,21H,3-5,9-10,12-13H2,1-2H3,(H2,20,22,23,24)/t14-,17+/m1/s1. The van der Waals surface area contributed by atoms with Crippen LogP contribution < -0.4 is 16.0 Å². The molecule has 3 amide bonds. The van der Waals surface area contributed by atoms with Crippen LogP contribution in [0.5, 0.6) is 0 Å². The third kappa shape index (κ3) is 7.01. The van der Waals surface area contributed by atoms with Crippen LogP contribution in [0.4, 0.5) is 10.5 Å². The molecule has 0 saturated carbocycles. The van der Waals surface area contributed by atoms with Crippen molar-refractivity contribution in [3.05, 3.63) is 29.8 Å². The Morgan fingerprint density at radius 1 is 1.35 bits per heavy atom. The molecule has 2 atom stereocenters. The molecule has 0 aromatic heterocycles. The lowest BCUT2D eigenvalue weighted by Crippen LogP contribution is -2.45. The maximum atomic E-state index is 12.0. The summed E-state index contributed by atoms with van der Waals surface area (Å²) in [7, 11) is 0. The Kier molecular flexibility index (Phi) is 8.37. The van der Waals surface area contributed by atoms with Crippen LogP contribution in [-0.4, -0.2) is 43.8 Å². The molecule has 144 valence electrons. The molecular formula is C19H29N3O4. The second kappa shape index (κ2) is 10.8. The lowest BCUT2D eigenvalue weighted by molar-refractivity contribution is -0.120.